The maximum absolute atomic E-state index is 12.0. The minimum Gasteiger partial charge on any atom is -0.508 e. The lowest BCUT2D eigenvalue weighted by Gasteiger charge is -2.27. The summed E-state index contributed by atoms with van der Waals surface area (Å²) in [6.07, 6.45) is 0.435. The van der Waals surface area contributed by atoms with Crippen LogP contribution in [0.4, 0.5) is 0 Å². The molecule has 0 bridgehead atoms. The smallest absolute Gasteiger partial charge is 0.223 e. The molecule has 0 fully saturated rings. The normalized spacial score (nSPS) is 14.0. The average molecular weight is 250 g/mol. The van der Waals surface area contributed by atoms with E-state index in [9.17, 15) is 9.90 Å². The summed E-state index contributed by atoms with van der Waals surface area (Å²) in [6, 6.07) is 6.93. The second-order valence-corrected chi connectivity index (χ2v) is 4.78. The van der Waals surface area contributed by atoms with Crippen LogP contribution in [-0.2, 0) is 4.79 Å². The van der Waals surface area contributed by atoms with Gasteiger partial charge in [0.05, 0.1) is 6.04 Å². The molecular formula is C14H22N2O2. The van der Waals surface area contributed by atoms with E-state index < -0.39 is 0 Å². The van der Waals surface area contributed by atoms with Gasteiger partial charge in [0.2, 0.25) is 5.91 Å². The summed E-state index contributed by atoms with van der Waals surface area (Å²) in [6.45, 7) is 4.36. The molecule has 1 rings (SSSR count). The fraction of sp³-hybridized carbons (Fsp3) is 0.500. The highest BCUT2D eigenvalue weighted by molar-refractivity contribution is 5.76. The third-order valence-corrected chi connectivity index (χ3v) is 3.29. The van der Waals surface area contributed by atoms with Gasteiger partial charge < -0.3 is 15.7 Å². The first-order chi connectivity index (χ1) is 8.47. The SMILES string of the molecule is CC(CN)CC(=O)N(C)C(C)c1ccccc1O. The van der Waals surface area contributed by atoms with Gasteiger partial charge in [-0.05, 0) is 25.5 Å². The molecule has 0 aromatic heterocycles. The standard InChI is InChI=1S/C14H22N2O2/c1-10(9-15)8-14(18)16(3)11(2)12-6-4-5-7-13(12)17/h4-7,10-11,17H,8-9,15H2,1-3H3. The van der Waals surface area contributed by atoms with E-state index in [2.05, 4.69) is 0 Å². The zero-order valence-corrected chi connectivity index (χ0v) is 11.3. The Labute approximate surface area is 108 Å². The number of hydrogen-bond acceptors (Lipinski definition) is 3. The zero-order valence-electron chi connectivity index (χ0n) is 11.3. The molecule has 0 saturated carbocycles. The molecule has 4 nitrogen and oxygen atoms in total. The molecule has 0 aliphatic rings. The minimum absolute atomic E-state index is 0.0451. The first-order valence-corrected chi connectivity index (χ1v) is 6.21. The quantitative estimate of drug-likeness (QED) is 0.838. The van der Waals surface area contributed by atoms with E-state index in [0.29, 0.717) is 13.0 Å². The first kappa shape index (κ1) is 14.5. The van der Waals surface area contributed by atoms with Gasteiger partial charge >= 0.3 is 0 Å². The highest BCUT2D eigenvalue weighted by Crippen LogP contribution is 2.27. The van der Waals surface area contributed by atoms with Crippen LogP contribution in [0.5, 0.6) is 5.75 Å². The van der Waals surface area contributed by atoms with Crippen molar-refractivity contribution in [3.63, 3.8) is 0 Å². The van der Waals surface area contributed by atoms with Gasteiger partial charge in [0, 0.05) is 19.0 Å². The van der Waals surface area contributed by atoms with Gasteiger partial charge in [0.25, 0.3) is 0 Å². The Hall–Kier alpha value is -1.55. The van der Waals surface area contributed by atoms with E-state index in [1.807, 2.05) is 26.0 Å². The Morgan fingerprint density at radius 1 is 1.39 bits per heavy atom. The summed E-state index contributed by atoms with van der Waals surface area (Å²) in [5, 5.41) is 9.78. The fourth-order valence-corrected chi connectivity index (χ4v) is 1.79. The van der Waals surface area contributed by atoms with Gasteiger partial charge in [-0.3, -0.25) is 4.79 Å². The lowest BCUT2D eigenvalue weighted by atomic mass is 10.0. The number of phenols is 1. The van der Waals surface area contributed by atoms with Crippen LogP contribution in [0, 0.1) is 5.92 Å². The Kier molecular flexibility index (Phi) is 5.16. The summed E-state index contributed by atoms with van der Waals surface area (Å²) < 4.78 is 0. The molecule has 100 valence electrons. The molecule has 1 amide bonds. The lowest BCUT2D eigenvalue weighted by molar-refractivity contribution is -0.132. The van der Waals surface area contributed by atoms with Gasteiger partial charge in [-0.15, -0.1) is 0 Å². The van der Waals surface area contributed by atoms with E-state index in [1.54, 1.807) is 24.1 Å². The maximum Gasteiger partial charge on any atom is 0.223 e. The summed E-state index contributed by atoms with van der Waals surface area (Å²) in [4.78, 5) is 13.7. The van der Waals surface area contributed by atoms with Crippen molar-refractivity contribution in [2.45, 2.75) is 26.3 Å². The Bertz CT molecular complexity index is 407. The molecule has 2 unspecified atom stereocenters. The number of para-hydroxylation sites is 1. The van der Waals surface area contributed by atoms with E-state index in [1.165, 1.54) is 0 Å². The van der Waals surface area contributed by atoms with Gasteiger partial charge in [-0.2, -0.15) is 0 Å². The largest absolute Gasteiger partial charge is 0.508 e. The van der Waals surface area contributed by atoms with Crippen LogP contribution in [-0.4, -0.2) is 29.5 Å². The molecule has 0 radical (unpaired) electrons. The van der Waals surface area contributed by atoms with Crippen LogP contribution in [0.25, 0.3) is 0 Å². The first-order valence-electron chi connectivity index (χ1n) is 6.21. The van der Waals surface area contributed by atoms with Crippen LogP contribution < -0.4 is 5.73 Å². The van der Waals surface area contributed by atoms with Crippen LogP contribution >= 0.6 is 0 Å². The molecule has 0 heterocycles. The molecule has 18 heavy (non-hydrogen) atoms. The van der Waals surface area contributed by atoms with Crippen molar-refractivity contribution in [1.82, 2.24) is 4.90 Å². The molecular weight excluding hydrogens is 228 g/mol. The predicted molar refractivity (Wildman–Crippen MR) is 72.1 cm³/mol. The van der Waals surface area contributed by atoms with Crippen molar-refractivity contribution in [3.8, 4) is 5.75 Å². The Morgan fingerprint density at radius 3 is 2.56 bits per heavy atom. The molecule has 4 heteroatoms. The second kappa shape index (κ2) is 6.40. The number of hydrogen-bond donors (Lipinski definition) is 2. The number of carbonyl (C=O) groups is 1. The topological polar surface area (TPSA) is 66.6 Å². The fourth-order valence-electron chi connectivity index (χ4n) is 1.79. The Morgan fingerprint density at radius 2 is 2.00 bits per heavy atom. The number of nitrogens with two attached hydrogens (primary N) is 1. The molecule has 0 spiro atoms. The van der Waals surface area contributed by atoms with E-state index >= 15 is 0 Å². The van der Waals surface area contributed by atoms with Gasteiger partial charge in [0.15, 0.2) is 0 Å². The van der Waals surface area contributed by atoms with Crippen LogP contribution in [0.15, 0.2) is 24.3 Å². The highest BCUT2D eigenvalue weighted by Gasteiger charge is 2.20. The molecule has 0 aliphatic carbocycles. The lowest BCUT2D eigenvalue weighted by Crippen LogP contribution is -2.31. The number of phenolic OH excluding ortho intramolecular Hbond substituents is 1. The number of aromatic hydroxyl groups is 1. The number of carbonyl (C=O) groups excluding carboxylic acids is 1. The molecule has 1 aromatic rings. The van der Waals surface area contributed by atoms with Crippen molar-refractivity contribution < 1.29 is 9.90 Å². The van der Waals surface area contributed by atoms with E-state index in [0.717, 1.165) is 5.56 Å². The predicted octanol–water partition coefficient (Wildman–Crippen LogP) is 1.90. The maximum atomic E-state index is 12.0. The van der Waals surface area contributed by atoms with Crippen molar-refractivity contribution >= 4 is 5.91 Å². The molecule has 0 saturated heterocycles. The van der Waals surface area contributed by atoms with Crippen molar-refractivity contribution in [2.75, 3.05) is 13.6 Å². The van der Waals surface area contributed by atoms with Crippen molar-refractivity contribution in [2.24, 2.45) is 11.7 Å². The molecule has 2 atom stereocenters. The van der Waals surface area contributed by atoms with Gasteiger partial charge in [-0.25, -0.2) is 0 Å². The third-order valence-electron chi connectivity index (χ3n) is 3.29. The number of nitrogens with zero attached hydrogens (tertiary/aromatic N) is 1. The number of benzene rings is 1. The zero-order chi connectivity index (χ0) is 13.7. The van der Waals surface area contributed by atoms with Crippen LogP contribution in [0.2, 0.25) is 0 Å². The third kappa shape index (κ3) is 3.47. The Balaban J connectivity index is 2.75. The molecule has 0 aliphatic heterocycles. The van der Waals surface area contributed by atoms with E-state index in [-0.39, 0.29) is 23.6 Å². The van der Waals surface area contributed by atoms with Gasteiger partial charge in [-0.1, -0.05) is 25.1 Å². The van der Waals surface area contributed by atoms with Gasteiger partial charge in [0.1, 0.15) is 5.75 Å². The summed E-state index contributed by atoms with van der Waals surface area (Å²) >= 11 is 0. The van der Waals surface area contributed by atoms with Crippen LogP contribution in [0.3, 0.4) is 0 Å². The van der Waals surface area contributed by atoms with Crippen molar-refractivity contribution in [3.05, 3.63) is 29.8 Å². The number of amides is 1. The van der Waals surface area contributed by atoms with E-state index in [4.69, 9.17) is 5.73 Å². The van der Waals surface area contributed by atoms with Crippen LogP contribution in [0.1, 0.15) is 31.9 Å². The summed E-state index contributed by atoms with van der Waals surface area (Å²) in [5.74, 6) is 0.441. The monoisotopic (exact) mass is 250 g/mol. The highest BCUT2D eigenvalue weighted by atomic mass is 16.3. The molecule has 3 N–H and O–H groups in total. The summed E-state index contributed by atoms with van der Waals surface area (Å²) in [7, 11) is 1.75. The number of rotatable bonds is 5. The minimum atomic E-state index is -0.149. The average Bonchev–Trinajstić information content (AvgIpc) is 2.37. The second-order valence-electron chi connectivity index (χ2n) is 4.78. The molecule has 1 aromatic carbocycles. The summed E-state index contributed by atoms with van der Waals surface area (Å²) in [5.41, 5.74) is 6.28. The van der Waals surface area contributed by atoms with Crippen molar-refractivity contribution in [1.29, 1.82) is 0 Å².